The van der Waals surface area contributed by atoms with Crippen LogP contribution in [-0.4, -0.2) is 17.9 Å². The minimum absolute atomic E-state index is 0.313. The van der Waals surface area contributed by atoms with Gasteiger partial charge < -0.3 is 5.11 Å². The summed E-state index contributed by atoms with van der Waals surface area (Å²) in [4.78, 5) is 0. The Labute approximate surface area is 158 Å². The molecule has 2 aromatic carbocycles. The number of aliphatic hydroxyl groups is 1. The van der Waals surface area contributed by atoms with E-state index >= 15 is 0 Å². The molecule has 1 N–H and O–H groups in total. The van der Waals surface area contributed by atoms with Crippen LogP contribution in [0.4, 0.5) is 0 Å². The van der Waals surface area contributed by atoms with Crippen LogP contribution in [0, 0.1) is 0 Å². The van der Waals surface area contributed by atoms with Gasteiger partial charge in [-0.25, -0.2) is 0 Å². The molecule has 0 fully saturated rings. The van der Waals surface area contributed by atoms with E-state index in [1.165, 1.54) is 36.0 Å². The first kappa shape index (κ1) is 19.1. The van der Waals surface area contributed by atoms with Crippen molar-refractivity contribution in [1.29, 1.82) is 0 Å². The maximum atomic E-state index is 9.08. The average Bonchev–Trinajstić information content (AvgIpc) is 2.73. The van der Waals surface area contributed by atoms with E-state index in [1.54, 1.807) is 5.31 Å². The van der Waals surface area contributed by atoms with Gasteiger partial charge in [0.05, 0.1) is 11.5 Å². The molecule has 0 radical (unpaired) electrons. The van der Waals surface area contributed by atoms with Crippen LogP contribution in [0.5, 0.6) is 0 Å². The number of hydrogen-bond donors (Lipinski definition) is 1. The summed E-state index contributed by atoms with van der Waals surface area (Å²) in [7, 11) is -1.58. The van der Waals surface area contributed by atoms with Crippen molar-refractivity contribution in [3.8, 4) is 0 Å². The highest BCUT2D eigenvalue weighted by Crippen LogP contribution is 2.65. The molecule has 0 heterocycles. The highest BCUT2D eigenvalue weighted by molar-refractivity contribution is 7.93. The summed E-state index contributed by atoms with van der Waals surface area (Å²) in [5, 5.41) is 13.7. The normalized spacial score (nSPS) is 14.3. The van der Waals surface area contributed by atoms with E-state index in [9.17, 15) is 0 Å². The molecule has 0 aromatic heterocycles. The van der Waals surface area contributed by atoms with Gasteiger partial charge in [-0.1, -0.05) is 55.0 Å². The zero-order valence-electron chi connectivity index (χ0n) is 15.6. The Morgan fingerprint density at radius 2 is 1.38 bits per heavy atom. The quantitative estimate of drug-likeness (QED) is 0.463. The van der Waals surface area contributed by atoms with Gasteiger partial charge in [0.2, 0.25) is 0 Å². The van der Waals surface area contributed by atoms with Gasteiger partial charge in [-0.3, -0.25) is 0 Å². The second kappa shape index (κ2) is 9.86. The first-order chi connectivity index (χ1) is 12.9. The molecule has 0 aliphatic heterocycles. The summed E-state index contributed by atoms with van der Waals surface area (Å²) in [6.45, 7) is 0.313. The van der Waals surface area contributed by atoms with E-state index in [0.29, 0.717) is 6.61 Å². The van der Waals surface area contributed by atoms with E-state index < -0.39 is 7.26 Å². The lowest BCUT2D eigenvalue weighted by Gasteiger charge is -2.30. The van der Waals surface area contributed by atoms with Crippen molar-refractivity contribution in [2.45, 2.75) is 38.5 Å². The summed E-state index contributed by atoms with van der Waals surface area (Å²) >= 11 is 0. The van der Waals surface area contributed by atoms with Gasteiger partial charge in [0, 0.05) is 13.0 Å². The summed E-state index contributed by atoms with van der Waals surface area (Å²) in [6.07, 6.45) is 15.0. The Hall–Kier alpha value is -1.69. The van der Waals surface area contributed by atoms with Crippen molar-refractivity contribution in [1.82, 2.24) is 0 Å². The van der Waals surface area contributed by atoms with Gasteiger partial charge in [-0.2, -0.15) is 0 Å². The van der Waals surface area contributed by atoms with Gasteiger partial charge in [-0.15, -0.1) is 0 Å². The molecule has 1 aliphatic rings. The second-order valence-electron chi connectivity index (χ2n) is 6.97. The molecule has 136 valence electrons. The maximum absolute atomic E-state index is 9.08. The number of benzene rings is 2. The lowest BCUT2D eigenvalue weighted by Crippen LogP contribution is -2.27. The lowest BCUT2D eigenvalue weighted by molar-refractivity contribution is 0.283. The second-order valence-corrected chi connectivity index (χ2v) is 10.6. The highest BCUT2D eigenvalue weighted by Gasteiger charge is 2.45. The number of hydrogen-bond acceptors (Lipinski definition) is 1. The molecule has 0 bridgehead atoms. The molecule has 26 heavy (non-hydrogen) atoms. The first-order valence-electron chi connectivity index (χ1n) is 9.84. The van der Waals surface area contributed by atoms with Crippen LogP contribution in [0.15, 0.2) is 84.2 Å². The van der Waals surface area contributed by atoms with Crippen LogP contribution < -0.4 is 10.6 Å². The Bertz CT molecular complexity index is 679. The molecular formula is C24H30OP+. The first-order valence-corrected chi connectivity index (χ1v) is 11.8. The third-order valence-electron chi connectivity index (χ3n) is 5.28. The number of unbranched alkanes of at least 4 members (excludes halogenated alkanes) is 3. The average molecular weight is 365 g/mol. The fraction of sp³-hybridized carbons (Fsp3) is 0.333. The van der Waals surface area contributed by atoms with E-state index in [2.05, 4.69) is 78.9 Å². The lowest BCUT2D eigenvalue weighted by atomic mass is 10.2. The van der Waals surface area contributed by atoms with Crippen molar-refractivity contribution in [2.75, 3.05) is 12.8 Å². The monoisotopic (exact) mass is 365 g/mol. The van der Waals surface area contributed by atoms with Crippen LogP contribution in [0.2, 0.25) is 0 Å². The van der Waals surface area contributed by atoms with Gasteiger partial charge >= 0.3 is 0 Å². The highest BCUT2D eigenvalue weighted by atomic mass is 31.2. The summed E-state index contributed by atoms with van der Waals surface area (Å²) < 4.78 is 0. The molecule has 3 rings (SSSR count). The van der Waals surface area contributed by atoms with Crippen molar-refractivity contribution in [3.63, 3.8) is 0 Å². The van der Waals surface area contributed by atoms with Crippen LogP contribution in [-0.2, 0) is 0 Å². The SMILES string of the molecule is OCCCCCC[P+](C1=CC=CCC1)(c1ccccc1)c1ccccc1. The molecule has 0 spiro atoms. The molecule has 1 nitrogen and oxygen atoms in total. The van der Waals surface area contributed by atoms with Crippen LogP contribution in [0.25, 0.3) is 0 Å². The number of allylic oxidation sites excluding steroid dienone is 4. The fourth-order valence-corrected chi connectivity index (χ4v) is 8.65. The minimum atomic E-state index is -1.58. The zero-order chi connectivity index (χ0) is 18.1. The third-order valence-corrected chi connectivity index (χ3v) is 9.98. The Balaban J connectivity index is 2.02. The molecule has 0 unspecified atom stereocenters. The van der Waals surface area contributed by atoms with E-state index in [0.717, 1.165) is 19.3 Å². The predicted octanol–water partition coefficient (Wildman–Crippen LogP) is 5.44. The van der Waals surface area contributed by atoms with Gasteiger partial charge in [0.1, 0.15) is 17.9 Å². The Morgan fingerprint density at radius 1 is 0.769 bits per heavy atom. The Morgan fingerprint density at radius 3 is 1.92 bits per heavy atom. The van der Waals surface area contributed by atoms with Crippen LogP contribution in [0.3, 0.4) is 0 Å². The summed E-state index contributed by atoms with van der Waals surface area (Å²) in [5.41, 5.74) is 0. The Kier molecular flexibility index (Phi) is 7.23. The molecule has 0 amide bonds. The zero-order valence-corrected chi connectivity index (χ0v) is 16.5. The molecule has 1 aliphatic carbocycles. The van der Waals surface area contributed by atoms with Crippen LogP contribution in [0.1, 0.15) is 38.5 Å². The van der Waals surface area contributed by atoms with Crippen molar-refractivity contribution < 1.29 is 5.11 Å². The molecule has 2 aromatic rings. The van der Waals surface area contributed by atoms with E-state index in [1.807, 2.05) is 0 Å². The summed E-state index contributed by atoms with van der Waals surface area (Å²) in [5.74, 6) is 0. The predicted molar refractivity (Wildman–Crippen MR) is 116 cm³/mol. The van der Waals surface area contributed by atoms with Gasteiger partial charge in [0.25, 0.3) is 0 Å². The molecule has 2 heteroatoms. The topological polar surface area (TPSA) is 20.2 Å². The van der Waals surface area contributed by atoms with Gasteiger partial charge in [0.15, 0.2) is 0 Å². The summed E-state index contributed by atoms with van der Waals surface area (Å²) in [6, 6.07) is 22.4. The minimum Gasteiger partial charge on any atom is -0.396 e. The smallest absolute Gasteiger partial charge is 0.107 e. The van der Waals surface area contributed by atoms with Crippen molar-refractivity contribution >= 4 is 17.9 Å². The maximum Gasteiger partial charge on any atom is 0.107 e. The standard InChI is InChI=1S/C24H30OP/c25-20-12-1-2-13-21-26(22-14-6-3-7-15-22,23-16-8-4-9-17-23)24-18-10-5-11-19-24/h3-10,14-18,25H,1-2,11-13,19-21H2/q+1. The van der Waals surface area contributed by atoms with E-state index in [-0.39, 0.29) is 0 Å². The number of aliphatic hydroxyl groups excluding tert-OH is 1. The third kappa shape index (κ3) is 4.34. The number of rotatable bonds is 9. The molecule has 0 atom stereocenters. The van der Waals surface area contributed by atoms with E-state index in [4.69, 9.17) is 5.11 Å². The molecular weight excluding hydrogens is 335 g/mol. The van der Waals surface area contributed by atoms with Gasteiger partial charge in [-0.05, 0) is 56.0 Å². The fourth-order valence-electron chi connectivity index (χ4n) is 3.97. The largest absolute Gasteiger partial charge is 0.396 e. The van der Waals surface area contributed by atoms with Crippen molar-refractivity contribution in [3.05, 3.63) is 84.2 Å². The van der Waals surface area contributed by atoms with Crippen LogP contribution >= 0.6 is 7.26 Å². The molecule has 0 saturated carbocycles. The molecule has 0 saturated heterocycles. The van der Waals surface area contributed by atoms with Crippen molar-refractivity contribution in [2.24, 2.45) is 0 Å².